The number of amides is 2. The molecule has 1 unspecified atom stereocenters. The molecule has 2 heterocycles. The lowest BCUT2D eigenvalue weighted by atomic mass is 10.1. The lowest BCUT2D eigenvalue weighted by Crippen LogP contribution is -2.43. The minimum absolute atomic E-state index is 0.165. The van der Waals surface area contributed by atoms with E-state index in [-0.39, 0.29) is 11.8 Å². The van der Waals surface area contributed by atoms with Crippen LogP contribution in [0.5, 0.6) is 11.5 Å². The Morgan fingerprint density at radius 1 is 1.24 bits per heavy atom. The van der Waals surface area contributed by atoms with Gasteiger partial charge in [0.2, 0.25) is 11.8 Å². The number of carbonyl (C=O) groups excluding carboxylic acids is 2. The second-order valence-corrected chi connectivity index (χ2v) is 7.84. The standard InChI is InChI=1S/C22H22N2O4S/c1-27-18-6-4-17(5-7-18)23-22(26)19-13-29-14-24(19)21(25)9-3-15-2-8-20-16(12-15)10-11-28-20/h2-9,12,19H,10-11,13-14H2,1H3,(H,23,26)/b9-3+. The molecule has 2 amide bonds. The average Bonchev–Trinajstić information content (AvgIpc) is 3.41. The summed E-state index contributed by atoms with van der Waals surface area (Å²) in [7, 11) is 1.59. The Hall–Kier alpha value is -2.93. The van der Waals surface area contributed by atoms with Crippen LogP contribution in [0.3, 0.4) is 0 Å². The molecule has 1 N–H and O–H groups in total. The van der Waals surface area contributed by atoms with Crippen LogP contribution >= 0.6 is 11.8 Å². The number of nitrogens with zero attached hydrogens (tertiary/aromatic N) is 1. The van der Waals surface area contributed by atoms with Crippen LogP contribution in [-0.4, -0.2) is 48.1 Å². The zero-order valence-electron chi connectivity index (χ0n) is 16.1. The van der Waals surface area contributed by atoms with Gasteiger partial charge in [-0.05, 0) is 53.6 Å². The van der Waals surface area contributed by atoms with Crippen molar-refractivity contribution in [1.82, 2.24) is 4.90 Å². The second-order valence-electron chi connectivity index (χ2n) is 6.84. The number of benzene rings is 2. The molecule has 150 valence electrons. The van der Waals surface area contributed by atoms with Gasteiger partial charge >= 0.3 is 0 Å². The van der Waals surface area contributed by atoms with Crippen LogP contribution < -0.4 is 14.8 Å². The molecule has 0 saturated carbocycles. The smallest absolute Gasteiger partial charge is 0.248 e. The van der Waals surface area contributed by atoms with E-state index >= 15 is 0 Å². The van der Waals surface area contributed by atoms with E-state index in [0.717, 1.165) is 29.0 Å². The van der Waals surface area contributed by atoms with Gasteiger partial charge in [-0.3, -0.25) is 9.59 Å². The number of nitrogens with one attached hydrogen (secondary N) is 1. The van der Waals surface area contributed by atoms with Gasteiger partial charge in [-0.25, -0.2) is 0 Å². The molecule has 29 heavy (non-hydrogen) atoms. The quantitative estimate of drug-likeness (QED) is 0.767. The molecule has 2 aromatic carbocycles. The number of methoxy groups -OCH3 is 1. The van der Waals surface area contributed by atoms with E-state index < -0.39 is 6.04 Å². The van der Waals surface area contributed by atoms with Gasteiger partial charge in [0.1, 0.15) is 17.5 Å². The third-order valence-corrected chi connectivity index (χ3v) is 5.97. The molecule has 1 fully saturated rings. The Bertz CT molecular complexity index is 942. The van der Waals surface area contributed by atoms with E-state index in [9.17, 15) is 9.59 Å². The van der Waals surface area contributed by atoms with E-state index in [1.54, 1.807) is 54.1 Å². The van der Waals surface area contributed by atoms with E-state index in [1.165, 1.54) is 6.08 Å². The molecule has 0 radical (unpaired) electrons. The zero-order valence-corrected chi connectivity index (χ0v) is 16.9. The van der Waals surface area contributed by atoms with Gasteiger partial charge in [0.25, 0.3) is 0 Å². The molecule has 1 atom stereocenters. The Kier molecular flexibility index (Phi) is 5.76. The minimum atomic E-state index is -0.493. The first-order valence-corrected chi connectivity index (χ1v) is 10.6. The normalized spacial score (nSPS) is 17.8. The SMILES string of the molecule is COc1ccc(NC(=O)C2CSCN2C(=O)/C=C/c2ccc3c(c2)CCO3)cc1. The van der Waals surface area contributed by atoms with Crippen LogP contribution in [-0.2, 0) is 16.0 Å². The lowest BCUT2D eigenvalue weighted by Gasteiger charge is -2.21. The number of fused-ring (bicyclic) bond motifs is 1. The number of ether oxygens (including phenoxy) is 2. The van der Waals surface area contributed by atoms with Crippen molar-refractivity contribution in [3.8, 4) is 11.5 Å². The summed E-state index contributed by atoms with van der Waals surface area (Å²) in [6.45, 7) is 0.706. The summed E-state index contributed by atoms with van der Waals surface area (Å²) >= 11 is 1.58. The summed E-state index contributed by atoms with van der Waals surface area (Å²) in [5.74, 6) is 2.37. The van der Waals surface area contributed by atoms with Crippen LogP contribution in [0.1, 0.15) is 11.1 Å². The summed E-state index contributed by atoms with van der Waals surface area (Å²) < 4.78 is 10.6. The molecule has 7 heteroatoms. The van der Waals surface area contributed by atoms with Crippen LogP contribution in [0.15, 0.2) is 48.5 Å². The van der Waals surface area contributed by atoms with Gasteiger partial charge in [0.05, 0.1) is 19.6 Å². The zero-order chi connectivity index (χ0) is 20.2. The molecule has 2 aliphatic rings. The summed E-state index contributed by atoms with van der Waals surface area (Å²) in [6, 6.07) is 12.5. The first-order chi connectivity index (χ1) is 14.1. The lowest BCUT2D eigenvalue weighted by molar-refractivity contribution is -0.132. The largest absolute Gasteiger partial charge is 0.497 e. The topological polar surface area (TPSA) is 67.9 Å². The average molecular weight is 410 g/mol. The Balaban J connectivity index is 1.40. The maximum atomic E-state index is 12.7. The number of hydrogen-bond donors (Lipinski definition) is 1. The van der Waals surface area contributed by atoms with Gasteiger partial charge in [-0.2, -0.15) is 0 Å². The molecule has 0 bridgehead atoms. The minimum Gasteiger partial charge on any atom is -0.497 e. The number of carbonyl (C=O) groups is 2. The predicted molar refractivity (Wildman–Crippen MR) is 114 cm³/mol. The number of hydrogen-bond acceptors (Lipinski definition) is 5. The summed E-state index contributed by atoms with van der Waals surface area (Å²) in [4.78, 5) is 27.0. The highest BCUT2D eigenvalue weighted by Gasteiger charge is 2.33. The fourth-order valence-corrected chi connectivity index (χ4v) is 4.51. The Morgan fingerprint density at radius 3 is 2.86 bits per heavy atom. The molecular weight excluding hydrogens is 388 g/mol. The van der Waals surface area contributed by atoms with E-state index in [0.29, 0.717) is 23.9 Å². The van der Waals surface area contributed by atoms with E-state index in [4.69, 9.17) is 9.47 Å². The molecule has 0 aliphatic carbocycles. The first-order valence-electron chi connectivity index (χ1n) is 9.41. The first kappa shape index (κ1) is 19.4. The highest BCUT2D eigenvalue weighted by atomic mass is 32.2. The van der Waals surface area contributed by atoms with Crippen LogP contribution in [0, 0.1) is 0 Å². The summed E-state index contributed by atoms with van der Waals surface area (Å²) in [6.07, 6.45) is 4.22. The van der Waals surface area contributed by atoms with Crippen molar-refractivity contribution >= 4 is 35.3 Å². The fourth-order valence-electron chi connectivity index (χ4n) is 3.35. The molecule has 0 spiro atoms. The third kappa shape index (κ3) is 4.40. The van der Waals surface area contributed by atoms with Crippen molar-refractivity contribution in [2.24, 2.45) is 0 Å². The predicted octanol–water partition coefficient (Wildman–Crippen LogP) is 3.18. The van der Waals surface area contributed by atoms with Crippen molar-refractivity contribution in [2.45, 2.75) is 12.5 Å². The molecular formula is C22H22N2O4S. The highest BCUT2D eigenvalue weighted by molar-refractivity contribution is 7.99. The van der Waals surface area contributed by atoms with Crippen molar-refractivity contribution in [3.63, 3.8) is 0 Å². The van der Waals surface area contributed by atoms with Gasteiger partial charge in [-0.1, -0.05) is 6.07 Å². The van der Waals surface area contributed by atoms with E-state index in [2.05, 4.69) is 5.32 Å². The van der Waals surface area contributed by atoms with Gasteiger partial charge < -0.3 is 19.7 Å². The Morgan fingerprint density at radius 2 is 2.07 bits per heavy atom. The molecule has 0 aromatic heterocycles. The van der Waals surface area contributed by atoms with Crippen molar-refractivity contribution in [3.05, 3.63) is 59.7 Å². The number of rotatable bonds is 5. The third-order valence-electron chi connectivity index (χ3n) is 4.96. The molecule has 2 aromatic rings. The number of anilines is 1. The van der Waals surface area contributed by atoms with Gasteiger partial charge in [0.15, 0.2) is 0 Å². The van der Waals surface area contributed by atoms with Crippen LogP contribution in [0.4, 0.5) is 5.69 Å². The summed E-state index contributed by atoms with van der Waals surface area (Å²) in [5.41, 5.74) is 2.79. The van der Waals surface area contributed by atoms with Crippen molar-refractivity contribution in [1.29, 1.82) is 0 Å². The molecule has 2 aliphatic heterocycles. The molecule has 6 nitrogen and oxygen atoms in total. The number of thioether (sulfide) groups is 1. The van der Waals surface area contributed by atoms with E-state index in [1.807, 2.05) is 18.2 Å². The van der Waals surface area contributed by atoms with Gasteiger partial charge in [-0.15, -0.1) is 11.8 Å². The van der Waals surface area contributed by atoms with Crippen LogP contribution in [0.25, 0.3) is 6.08 Å². The maximum absolute atomic E-state index is 12.7. The summed E-state index contributed by atoms with van der Waals surface area (Å²) in [5, 5.41) is 2.88. The maximum Gasteiger partial charge on any atom is 0.248 e. The van der Waals surface area contributed by atoms with Crippen LogP contribution in [0.2, 0.25) is 0 Å². The highest BCUT2D eigenvalue weighted by Crippen LogP contribution is 2.27. The molecule has 1 saturated heterocycles. The fraction of sp³-hybridized carbons (Fsp3) is 0.273. The van der Waals surface area contributed by atoms with Crippen molar-refractivity contribution < 1.29 is 19.1 Å². The Labute approximate surface area is 173 Å². The molecule has 4 rings (SSSR count). The monoisotopic (exact) mass is 410 g/mol. The second kappa shape index (κ2) is 8.61. The van der Waals surface area contributed by atoms with Gasteiger partial charge in [0, 0.05) is 23.9 Å². The van der Waals surface area contributed by atoms with Crippen molar-refractivity contribution in [2.75, 3.05) is 30.7 Å².